The lowest BCUT2D eigenvalue weighted by atomic mass is 9.97. The standard InChI is InChI=1S/C35H33N7O3/c1-45-35-37-20-28(21-38-35)13-16-33(43)41(22-27-11-14-31(15-12-27)42-25-36-24-39-42)32(19-26-7-3-2-4-8-26)34(44)40-18-17-29-9-5-6-10-30(29)23-40/h2-16,20-21,24-25,32H,17-19,22-23H2,1H3. The van der Waals surface area contributed by atoms with Gasteiger partial charge in [-0.1, -0.05) is 66.7 Å². The Bertz CT molecular complexity index is 1760. The molecule has 10 nitrogen and oxygen atoms in total. The van der Waals surface area contributed by atoms with Gasteiger partial charge in [0.05, 0.1) is 12.8 Å². The second-order valence-corrected chi connectivity index (χ2v) is 10.8. The van der Waals surface area contributed by atoms with Crippen molar-refractivity contribution in [1.29, 1.82) is 0 Å². The molecule has 2 amide bonds. The lowest BCUT2D eigenvalue weighted by molar-refractivity contribution is -0.144. The van der Waals surface area contributed by atoms with Crippen LogP contribution in [0.25, 0.3) is 11.8 Å². The molecule has 0 N–H and O–H groups in total. The molecule has 3 aromatic carbocycles. The summed E-state index contributed by atoms with van der Waals surface area (Å²) in [4.78, 5) is 44.4. The average molecular weight is 600 g/mol. The Morgan fingerprint density at radius 1 is 0.933 bits per heavy atom. The van der Waals surface area contributed by atoms with Gasteiger partial charge in [-0.05, 0) is 46.9 Å². The van der Waals surface area contributed by atoms with Gasteiger partial charge in [0.15, 0.2) is 0 Å². The van der Waals surface area contributed by atoms with E-state index in [2.05, 4.69) is 32.2 Å². The van der Waals surface area contributed by atoms with E-state index < -0.39 is 6.04 Å². The number of ether oxygens (including phenoxy) is 1. The number of fused-ring (bicyclic) bond motifs is 1. The van der Waals surface area contributed by atoms with E-state index in [9.17, 15) is 9.59 Å². The van der Waals surface area contributed by atoms with E-state index >= 15 is 0 Å². The highest BCUT2D eigenvalue weighted by molar-refractivity contribution is 5.95. The summed E-state index contributed by atoms with van der Waals surface area (Å²) >= 11 is 0. The van der Waals surface area contributed by atoms with Crippen LogP contribution in [-0.4, -0.2) is 66.0 Å². The van der Waals surface area contributed by atoms with Crippen LogP contribution >= 0.6 is 0 Å². The van der Waals surface area contributed by atoms with Crippen LogP contribution in [0.2, 0.25) is 0 Å². The lowest BCUT2D eigenvalue weighted by Gasteiger charge is -2.37. The van der Waals surface area contributed by atoms with Gasteiger partial charge in [-0.15, -0.1) is 0 Å². The van der Waals surface area contributed by atoms with Crippen molar-refractivity contribution < 1.29 is 14.3 Å². The minimum atomic E-state index is -0.739. The molecule has 10 heteroatoms. The van der Waals surface area contributed by atoms with E-state index in [1.54, 1.807) is 34.4 Å². The molecule has 1 aliphatic rings. The van der Waals surface area contributed by atoms with Crippen LogP contribution in [0.1, 0.15) is 27.8 Å². The van der Waals surface area contributed by atoms with E-state index in [1.807, 2.05) is 71.6 Å². The highest BCUT2D eigenvalue weighted by Gasteiger charge is 2.34. The molecule has 0 aliphatic carbocycles. The van der Waals surface area contributed by atoms with Gasteiger partial charge >= 0.3 is 6.01 Å². The van der Waals surface area contributed by atoms with Gasteiger partial charge in [0, 0.05) is 50.1 Å². The number of rotatable bonds is 10. The SMILES string of the molecule is COc1ncc(C=CC(=O)N(Cc2ccc(-n3cncn3)cc2)C(Cc2ccccc2)C(=O)N2CCc3ccccc3C2)cn1. The minimum absolute atomic E-state index is 0.0814. The van der Waals surface area contributed by atoms with Gasteiger partial charge in [0.2, 0.25) is 11.8 Å². The number of methoxy groups -OCH3 is 1. The van der Waals surface area contributed by atoms with E-state index in [4.69, 9.17) is 4.74 Å². The zero-order chi connectivity index (χ0) is 31.0. The molecule has 2 aromatic heterocycles. The Kier molecular flexibility index (Phi) is 9.01. The van der Waals surface area contributed by atoms with Crippen molar-refractivity contribution in [3.63, 3.8) is 0 Å². The molecular weight excluding hydrogens is 566 g/mol. The van der Waals surface area contributed by atoms with Gasteiger partial charge in [0.1, 0.15) is 18.7 Å². The Morgan fingerprint density at radius 3 is 2.38 bits per heavy atom. The largest absolute Gasteiger partial charge is 0.467 e. The first-order valence-corrected chi connectivity index (χ1v) is 14.8. The minimum Gasteiger partial charge on any atom is -0.467 e. The van der Waals surface area contributed by atoms with Crippen LogP contribution in [0.3, 0.4) is 0 Å². The summed E-state index contributed by atoms with van der Waals surface area (Å²) in [6.45, 7) is 1.33. The van der Waals surface area contributed by atoms with Crippen LogP contribution in [0.5, 0.6) is 6.01 Å². The average Bonchev–Trinajstić information content (AvgIpc) is 3.64. The van der Waals surface area contributed by atoms with Crippen molar-refractivity contribution >= 4 is 17.9 Å². The predicted octanol–water partition coefficient (Wildman–Crippen LogP) is 4.30. The van der Waals surface area contributed by atoms with Gasteiger partial charge in [-0.3, -0.25) is 9.59 Å². The quantitative estimate of drug-likeness (QED) is 0.220. The van der Waals surface area contributed by atoms with E-state index in [-0.39, 0.29) is 24.4 Å². The molecule has 0 spiro atoms. The van der Waals surface area contributed by atoms with E-state index in [0.717, 1.165) is 28.8 Å². The van der Waals surface area contributed by atoms with Crippen molar-refractivity contribution in [3.05, 3.63) is 138 Å². The zero-order valence-electron chi connectivity index (χ0n) is 24.9. The van der Waals surface area contributed by atoms with Crippen LogP contribution in [0.15, 0.2) is 110 Å². The second kappa shape index (κ2) is 13.8. The Labute approximate surface area is 261 Å². The summed E-state index contributed by atoms with van der Waals surface area (Å²) in [6, 6.07) is 25.3. The predicted molar refractivity (Wildman–Crippen MR) is 169 cm³/mol. The second-order valence-electron chi connectivity index (χ2n) is 10.8. The fourth-order valence-electron chi connectivity index (χ4n) is 5.48. The number of carbonyl (C=O) groups is 2. The zero-order valence-corrected chi connectivity index (χ0v) is 24.9. The van der Waals surface area contributed by atoms with E-state index in [1.165, 1.54) is 25.1 Å². The topological polar surface area (TPSA) is 106 Å². The van der Waals surface area contributed by atoms with Gasteiger partial charge in [-0.25, -0.2) is 19.6 Å². The lowest BCUT2D eigenvalue weighted by Crippen LogP contribution is -2.52. The summed E-state index contributed by atoms with van der Waals surface area (Å²) in [7, 11) is 1.50. The molecular formula is C35H33N7O3. The van der Waals surface area contributed by atoms with Crippen molar-refractivity contribution in [2.75, 3.05) is 13.7 Å². The maximum atomic E-state index is 14.5. The summed E-state index contributed by atoms with van der Waals surface area (Å²) in [5.74, 6) is -0.375. The summed E-state index contributed by atoms with van der Waals surface area (Å²) in [5, 5.41) is 4.20. The van der Waals surface area contributed by atoms with Crippen LogP contribution in [0.4, 0.5) is 0 Å². The fourth-order valence-corrected chi connectivity index (χ4v) is 5.48. The number of hydrogen-bond donors (Lipinski definition) is 0. The molecule has 1 atom stereocenters. The molecule has 226 valence electrons. The molecule has 0 fully saturated rings. The molecule has 0 radical (unpaired) electrons. The normalized spacial score (nSPS) is 13.3. The monoisotopic (exact) mass is 599 g/mol. The third-order valence-electron chi connectivity index (χ3n) is 7.88. The Morgan fingerprint density at radius 2 is 1.67 bits per heavy atom. The molecule has 45 heavy (non-hydrogen) atoms. The third kappa shape index (κ3) is 7.13. The summed E-state index contributed by atoms with van der Waals surface area (Å²) in [5.41, 5.74) is 5.73. The molecule has 1 unspecified atom stereocenters. The van der Waals surface area contributed by atoms with Gasteiger partial charge in [0.25, 0.3) is 0 Å². The number of benzene rings is 3. The molecule has 6 rings (SSSR count). The number of aromatic nitrogens is 5. The molecule has 3 heterocycles. The van der Waals surface area contributed by atoms with Crippen molar-refractivity contribution in [2.45, 2.75) is 32.0 Å². The number of amides is 2. The molecule has 0 saturated heterocycles. The highest BCUT2D eigenvalue weighted by atomic mass is 16.5. The van der Waals surface area contributed by atoms with E-state index in [0.29, 0.717) is 25.1 Å². The van der Waals surface area contributed by atoms with Crippen LogP contribution in [-0.2, 0) is 35.5 Å². The Hall–Kier alpha value is -5.64. The van der Waals surface area contributed by atoms with Gasteiger partial charge in [-0.2, -0.15) is 5.10 Å². The highest BCUT2D eigenvalue weighted by Crippen LogP contribution is 2.23. The third-order valence-corrected chi connectivity index (χ3v) is 7.88. The number of nitrogens with zero attached hydrogens (tertiary/aromatic N) is 7. The smallest absolute Gasteiger partial charge is 0.316 e. The maximum absolute atomic E-state index is 14.5. The van der Waals surface area contributed by atoms with Crippen molar-refractivity contribution in [1.82, 2.24) is 34.5 Å². The van der Waals surface area contributed by atoms with Crippen molar-refractivity contribution in [2.24, 2.45) is 0 Å². The first-order valence-electron chi connectivity index (χ1n) is 14.8. The number of hydrogen-bond acceptors (Lipinski definition) is 7. The number of carbonyl (C=O) groups excluding carboxylic acids is 2. The van der Waals surface area contributed by atoms with Crippen LogP contribution in [0, 0.1) is 0 Å². The molecule has 5 aromatic rings. The summed E-state index contributed by atoms with van der Waals surface area (Å²) < 4.78 is 6.72. The fraction of sp³-hybridized carbons (Fsp3) is 0.200. The van der Waals surface area contributed by atoms with Crippen LogP contribution < -0.4 is 4.74 Å². The maximum Gasteiger partial charge on any atom is 0.316 e. The molecule has 0 bridgehead atoms. The van der Waals surface area contributed by atoms with Gasteiger partial charge < -0.3 is 14.5 Å². The first-order chi connectivity index (χ1) is 22.1. The molecule has 1 aliphatic heterocycles. The summed E-state index contributed by atoms with van der Waals surface area (Å²) in [6.07, 6.45) is 10.6. The Balaban J connectivity index is 1.33. The first kappa shape index (κ1) is 29.4. The van der Waals surface area contributed by atoms with Crippen molar-refractivity contribution in [3.8, 4) is 11.7 Å². The molecule has 0 saturated carbocycles.